The molecule has 0 aliphatic rings. The number of para-hydroxylation sites is 1. The number of anilines is 6. The Hall–Kier alpha value is -8.14. The highest BCUT2D eigenvalue weighted by Gasteiger charge is 2.20. The van der Waals surface area contributed by atoms with E-state index in [1.807, 2.05) is 28.8 Å². The molecular weight excluding hydrogens is 811 g/mol. The molecule has 1 heterocycles. The summed E-state index contributed by atoms with van der Waals surface area (Å²) < 4.78 is 46.9. The Kier molecular flexibility index (Phi) is 9.53. The van der Waals surface area contributed by atoms with Crippen LogP contribution in [0.5, 0.6) is 0 Å². The van der Waals surface area contributed by atoms with Gasteiger partial charge in [-0.25, -0.2) is 0 Å². The molecule has 0 amide bonds. The second-order valence-corrected chi connectivity index (χ2v) is 17.9. The smallest absolute Gasteiger partial charge is 0.0645 e. The molecule has 10 aromatic carbocycles. The van der Waals surface area contributed by atoms with Gasteiger partial charge in [0.2, 0.25) is 0 Å². The molecule has 11 aromatic rings. The van der Waals surface area contributed by atoms with E-state index in [2.05, 4.69) is 219 Å². The van der Waals surface area contributed by atoms with Crippen LogP contribution in [-0.2, 0) is 0 Å². The Morgan fingerprint density at radius 1 is 0.358 bits per heavy atom. The summed E-state index contributed by atoms with van der Waals surface area (Å²) >= 11 is 0. The predicted octanol–water partition coefficient (Wildman–Crippen LogP) is 18.5. The van der Waals surface area contributed by atoms with Crippen molar-refractivity contribution in [2.45, 2.75) is 39.5 Å². The molecule has 3 heteroatoms. The van der Waals surface area contributed by atoms with Crippen LogP contribution in [0.4, 0.5) is 34.1 Å². The van der Waals surface area contributed by atoms with Crippen molar-refractivity contribution >= 4 is 66.7 Å². The van der Waals surface area contributed by atoms with Gasteiger partial charge in [0.25, 0.3) is 0 Å². The summed E-state index contributed by atoms with van der Waals surface area (Å²) in [5, 5.41) is 3.75. The van der Waals surface area contributed by atoms with Crippen molar-refractivity contribution in [1.29, 1.82) is 0 Å². The summed E-state index contributed by atoms with van der Waals surface area (Å²) in [5.41, 5.74) is 14.3. The molecule has 0 fully saturated rings. The van der Waals surface area contributed by atoms with Crippen LogP contribution in [0.25, 0.3) is 60.5 Å². The van der Waals surface area contributed by atoms with E-state index in [9.17, 15) is 2.74 Å². The Bertz CT molecular complexity index is 3750. The third-order valence-corrected chi connectivity index (χ3v) is 13.0. The summed E-state index contributed by atoms with van der Waals surface area (Å²) in [4.78, 5) is 4.49. The van der Waals surface area contributed by atoms with Crippen molar-refractivity contribution in [2.75, 3.05) is 9.80 Å². The van der Waals surface area contributed by atoms with Crippen molar-refractivity contribution < 1.29 is 6.85 Å². The van der Waals surface area contributed by atoms with Gasteiger partial charge in [-0.2, -0.15) is 0 Å². The number of nitrogens with zero attached hydrogens (tertiary/aromatic N) is 3. The lowest BCUT2D eigenvalue weighted by molar-refractivity contribution is 0.866. The molecule has 0 atom stereocenters. The van der Waals surface area contributed by atoms with Crippen molar-refractivity contribution in [2.24, 2.45) is 0 Å². The van der Waals surface area contributed by atoms with Crippen molar-refractivity contribution in [1.82, 2.24) is 4.57 Å². The molecule has 324 valence electrons. The minimum atomic E-state index is -0.432. The third kappa shape index (κ3) is 8.04. The lowest BCUT2D eigenvalue weighted by Gasteiger charge is -2.26. The van der Waals surface area contributed by atoms with Crippen molar-refractivity contribution in [3.05, 3.63) is 248 Å². The van der Waals surface area contributed by atoms with Gasteiger partial charge in [0.05, 0.1) is 17.9 Å². The SMILES string of the molecule is [2H]c1c([2H])c([2H])c(-n2c3cc(N(c4ccc(-c5ccccc5)cc4)c4ccc(C(C)C)cc4)ccc3c3cc4ccc(N(c5ccc(-c6ccccc6)cc5)c5ccc(C(C)C)cc5)cc4cc32)c([2H])c1[2H]. The van der Waals surface area contributed by atoms with Crippen molar-refractivity contribution in [3.63, 3.8) is 0 Å². The molecular formula is C64H53N3. The average Bonchev–Trinajstić information content (AvgIpc) is 3.72. The molecule has 0 radical (unpaired) electrons. The highest BCUT2D eigenvalue weighted by Crippen LogP contribution is 2.43. The summed E-state index contributed by atoms with van der Waals surface area (Å²) in [7, 11) is 0. The van der Waals surface area contributed by atoms with Crippen LogP contribution in [0.2, 0.25) is 0 Å². The van der Waals surface area contributed by atoms with Gasteiger partial charge in [-0.05, 0) is 153 Å². The van der Waals surface area contributed by atoms with E-state index in [0.717, 1.165) is 83.4 Å². The van der Waals surface area contributed by atoms with Gasteiger partial charge in [-0.1, -0.05) is 167 Å². The van der Waals surface area contributed by atoms with Gasteiger partial charge in [0.15, 0.2) is 0 Å². The van der Waals surface area contributed by atoms with Gasteiger partial charge < -0.3 is 14.4 Å². The summed E-state index contributed by atoms with van der Waals surface area (Å²) in [6, 6.07) is 70.7. The number of hydrogen-bond acceptors (Lipinski definition) is 2. The first-order valence-electron chi connectivity index (χ1n) is 25.6. The zero-order valence-corrected chi connectivity index (χ0v) is 38.1. The predicted molar refractivity (Wildman–Crippen MR) is 287 cm³/mol. The Labute approximate surface area is 401 Å². The van der Waals surface area contributed by atoms with E-state index in [0.29, 0.717) is 17.4 Å². The summed E-state index contributed by atoms with van der Waals surface area (Å²) in [6.45, 7) is 8.79. The lowest BCUT2D eigenvalue weighted by Crippen LogP contribution is -2.10. The standard InChI is InChI=1S/C64H53N3/c1-44(2)46-20-29-55(30-21-46)65(57-33-24-50(25-34-57)48-14-8-5-9-15-48)59-37-28-52-41-62-61-39-38-60(43-64(61)67(54-18-12-7-13-19-54)63(62)42-53(52)40-59)66(56-31-22-47(23-32-56)45(3)4)58-35-26-51(27-36-58)49-16-10-6-11-17-49/h5-45H,1-4H3/i7D,12D,13D,18D,19D. The minimum absolute atomic E-state index is 0.0964. The number of fused-ring (bicyclic) bond motifs is 4. The Morgan fingerprint density at radius 2 is 0.776 bits per heavy atom. The van der Waals surface area contributed by atoms with Crippen LogP contribution in [0.15, 0.2) is 236 Å². The maximum absolute atomic E-state index is 9.36. The minimum Gasteiger partial charge on any atom is -0.310 e. The van der Waals surface area contributed by atoms with Crippen LogP contribution in [0.3, 0.4) is 0 Å². The molecule has 1 aromatic heterocycles. The molecule has 0 spiro atoms. The van der Waals surface area contributed by atoms with E-state index < -0.39 is 6.04 Å². The zero-order chi connectivity index (χ0) is 49.8. The monoisotopic (exact) mass is 868 g/mol. The van der Waals surface area contributed by atoms with E-state index in [-0.39, 0.29) is 29.9 Å². The van der Waals surface area contributed by atoms with Crippen LogP contribution in [-0.4, -0.2) is 4.57 Å². The third-order valence-electron chi connectivity index (χ3n) is 13.0. The van der Waals surface area contributed by atoms with Gasteiger partial charge in [-0.3, -0.25) is 0 Å². The summed E-state index contributed by atoms with van der Waals surface area (Å²) in [6.07, 6.45) is 0. The molecule has 0 aliphatic carbocycles. The molecule has 0 saturated carbocycles. The molecule has 0 unspecified atom stereocenters. The molecule has 0 saturated heterocycles. The van der Waals surface area contributed by atoms with Gasteiger partial charge in [-0.15, -0.1) is 0 Å². The quantitative estimate of drug-likeness (QED) is 0.128. The van der Waals surface area contributed by atoms with E-state index in [1.165, 1.54) is 11.1 Å². The number of aromatic nitrogens is 1. The van der Waals surface area contributed by atoms with E-state index in [4.69, 9.17) is 4.11 Å². The second-order valence-electron chi connectivity index (χ2n) is 17.9. The number of benzene rings is 10. The van der Waals surface area contributed by atoms with Crippen LogP contribution in [0, 0.1) is 0 Å². The summed E-state index contributed by atoms with van der Waals surface area (Å²) in [5.74, 6) is 0.747. The van der Waals surface area contributed by atoms with Crippen LogP contribution in [0.1, 0.15) is 57.5 Å². The fraction of sp³-hybridized carbons (Fsp3) is 0.0938. The van der Waals surface area contributed by atoms with Crippen LogP contribution < -0.4 is 9.80 Å². The van der Waals surface area contributed by atoms with E-state index >= 15 is 0 Å². The normalized spacial score (nSPS) is 12.6. The maximum atomic E-state index is 9.36. The zero-order valence-electron chi connectivity index (χ0n) is 43.1. The fourth-order valence-electron chi connectivity index (χ4n) is 9.39. The molecule has 11 rings (SSSR count). The Balaban J connectivity index is 1.12. The van der Waals surface area contributed by atoms with Gasteiger partial charge in [0.1, 0.15) is 0 Å². The maximum Gasteiger partial charge on any atom is 0.0645 e. The molecule has 67 heavy (non-hydrogen) atoms. The van der Waals surface area contributed by atoms with Crippen LogP contribution >= 0.6 is 0 Å². The lowest BCUT2D eigenvalue weighted by atomic mass is 10.0. The molecule has 0 N–H and O–H groups in total. The number of hydrogen-bond donors (Lipinski definition) is 0. The Morgan fingerprint density at radius 3 is 1.27 bits per heavy atom. The van der Waals surface area contributed by atoms with Gasteiger partial charge in [0, 0.05) is 50.6 Å². The van der Waals surface area contributed by atoms with E-state index in [1.54, 1.807) is 0 Å². The second kappa shape index (κ2) is 17.7. The largest absolute Gasteiger partial charge is 0.310 e. The number of rotatable bonds is 11. The van der Waals surface area contributed by atoms with Gasteiger partial charge >= 0.3 is 0 Å². The topological polar surface area (TPSA) is 11.4 Å². The molecule has 0 bridgehead atoms. The first-order valence-corrected chi connectivity index (χ1v) is 23.1. The molecule has 0 aliphatic heterocycles. The highest BCUT2D eigenvalue weighted by atomic mass is 15.1. The average molecular weight is 869 g/mol. The van der Waals surface area contributed by atoms with Crippen molar-refractivity contribution in [3.8, 4) is 27.9 Å². The highest BCUT2D eigenvalue weighted by molar-refractivity contribution is 6.15. The first-order chi connectivity index (χ1) is 34.9. The fourth-order valence-corrected chi connectivity index (χ4v) is 9.39. The first kappa shape index (κ1) is 36.1. The molecule has 3 nitrogen and oxygen atoms in total.